The van der Waals surface area contributed by atoms with E-state index in [9.17, 15) is 0 Å². The molecule has 2 N–H and O–H groups in total. The third kappa shape index (κ3) is 2.75. The van der Waals surface area contributed by atoms with E-state index < -0.39 is 0 Å². The number of rotatable bonds is 3. The Labute approximate surface area is 114 Å². The van der Waals surface area contributed by atoms with Crippen LogP contribution in [0.4, 0.5) is 0 Å². The Bertz CT molecular complexity index is 486. The largest absolute Gasteiger partial charge is 0.493 e. The Morgan fingerprint density at radius 1 is 1.26 bits per heavy atom. The molecule has 0 aliphatic carbocycles. The fraction of sp³-hybridized carbons (Fsp3) is 0.500. The van der Waals surface area contributed by atoms with Gasteiger partial charge in [0.05, 0.1) is 14.2 Å². The number of nitrogens with zero attached hydrogens (tertiary/aromatic N) is 2. The number of ether oxygens (including phenoxy) is 2. The minimum atomic E-state index is 0.614. The summed E-state index contributed by atoms with van der Waals surface area (Å²) in [5.74, 6) is 2.15. The van der Waals surface area contributed by atoms with Crippen molar-refractivity contribution in [2.45, 2.75) is 19.9 Å². The summed E-state index contributed by atoms with van der Waals surface area (Å²) in [6.07, 6.45) is 0.940. The van der Waals surface area contributed by atoms with Crippen molar-refractivity contribution >= 4 is 5.96 Å². The lowest BCUT2D eigenvalue weighted by Crippen LogP contribution is -2.41. The van der Waals surface area contributed by atoms with E-state index in [-0.39, 0.29) is 0 Å². The average Bonchev–Trinajstić information content (AvgIpc) is 2.45. The minimum Gasteiger partial charge on any atom is -0.493 e. The molecule has 0 atom stereocenters. The molecule has 0 aromatic heterocycles. The first-order valence-corrected chi connectivity index (χ1v) is 6.48. The maximum absolute atomic E-state index is 5.96. The summed E-state index contributed by atoms with van der Waals surface area (Å²) in [6, 6.07) is 4.08. The highest BCUT2D eigenvalue weighted by Gasteiger charge is 2.20. The molecule has 19 heavy (non-hydrogen) atoms. The molecule has 0 amide bonds. The van der Waals surface area contributed by atoms with Gasteiger partial charge in [-0.25, -0.2) is 0 Å². The summed E-state index contributed by atoms with van der Waals surface area (Å²) in [7, 11) is 3.31. The van der Waals surface area contributed by atoms with Crippen LogP contribution >= 0.6 is 0 Å². The number of methoxy groups -OCH3 is 2. The average molecular weight is 263 g/mol. The van der Waals surface area contributed by atoms with Gasteiger partial charge in [-0.05, 0) is 36.6 Å². The molecule has 1 aliphatic rings. The number of guanidine groups is 1. The van der Waals surface area contributed by atoms with E-state index in [2.05, 4.69) is 16.0 Å². The quantitative estimate of drug-likeness (QED) is 0.661. The molecule has 1 aromatic carbocycles. The van der Waals surface area contributed by atoms with Gasteiger partial charge in [0.15, 0.2) is 17.5 Å². The van der Waals surface area contributed by atoms with Crippen molar-refractivity contribution in [1.29, 1.82) is 0 Å². The zero-order chi connectivity index (χ0) is 13.8. The fourth-order valence-corrected chi connectivity index (χ4v) is 2.34. The fourth-order valence-electron chi connectivity index (χ4n) is 2.34. The molecular weight excluding hydrogens is 242 g/mol. The van der Waals surface area contributed by atoms with Gasteiger partial charge in [-0.3, -0.25) is 4.99 Å². The second-order valence-corrected chi connectivity index (χ2v) is 4.48. The Morgan fingerprint density at radius 2 is 1.89 bits per heavy atom. The van der Waals surface area contributed by atoms with Gasteiger partial charge in [0.2, 0.25) is 0 Å². The van der Waals surface area contributed by atoms with E-state index in [0.717, 1.165) is 31.0 Å². The SMILES string of the molecule is CCN=C(N)N1CCc2cc(OC)c(OC)cc2C1. The van der Waals surface area contributed by atoms with Crippen LogP contribution in [0.5, 0.6) is 11.5 Å². The number of hydrogen-bond donors (Lipinski definition) is 1. The molecule has 2 rings (SSSR count). The highest BCUT2D eigenvalue weighted by Crippen LogP contribution is 2.33. The van der Waals surface area contributed by atoms with Crippen LogP contribution in [0, 0.1) is 0 Å². The lowest BCUT2D eigenvalue weighted by atomic mass is 9.99. The number of aliphatic imine (C=N–C) groups is 1. The summed E-state index contributed by atoms with van der Waals surface area (Å²) in [5.41, 5.74) is 8.47. The zero-order valence-corrected chi connectivity index (χ0v) is 11.8. The van der Waals surface area contributed by atoms with Crippen LogP contribution in [0.3, 0.4) is 0 Å². The number of benzene rings is 1. The van der Waals surface area contributed by atoms with Crippen molar-refractivity contribution < 1.29 is 9.47 Å². The monoisotopic (exact) mass is 263 g/mol. The maximum atomic E-state index is 5.96. The van der Waals surface area contributed by atoms with Gasteiger partial charge in [-0.1, -0.05) is 0 Å². The second-order valence-electron chi connectivity index (χ2n) is 4.48. The molecule has 0 bridgehead atoms. The van der Waals surface area contributed by atoms with Crippen LogP contribution in [0.1, 0.15) is 18.1 Å². The van der Waals surface area contributed by atoms with E-state index in [4.69, 9.17) is 15.2 Å². The van der Waals surface area contributed by atoms with Crippen molar-refractivity contribution in [2.75, 3.05) is 27.3 Å². The molecular formula is C14H21N3O2. The predicted octanol–water partition coefficient (Wildman–Crippen LogP) is 1.40. The summed E-state index contributed by atoms with van der Waals surface area (Å²) in [5, 5.41) is 0. The number of fused-ring (bicyclic) bond motifs is 1. The van der Waals surface area contributed by atoms with Gasteiger partial charge in [-0.2, -0.15) is 0 Å². The van der Waals surface area contributed by atoms with Crippen LogP contribution < -0.4 is 15.2 Å². The summed E-state index contributed by atoms with van der Waals surface area (Å²) in [6.45, 7) is 4.35. The minimum absolute atomic E-state index is 0.614. The molecule has 1 aromatic rings. The van der Waals surface area contributed by atoms with Crippen LogP contribution in [0.2, 0.25) is 0 Å². The maximum Gasteiger partial charge on any atom is 0.191 e. The van der Waals surface area contributed by atoms with Crippen molar-refractivity contribution in [3.8, 4) is 11.5 Å². The van der Waals surface area contributed by atoms with Crippen LogP contribution in [0.15, 0.2) is 17.1 Å². The first-order chi connectivity index (χ1) is 9.19. The van der Waals surface area contributed by atoms with Crippen molar-refractivity contribution in [1.82, 2.24) is 4.90 Å². The van der Waals surface area contributed by atoms with Crippen LogP contribution in [-0.2, 0) is 13.0 Å². The molecule has 1 aliphatic heterocycles. The molecule has 1 heterocycles. The summed E-state index contributed by atoms with van der Waals surface area (Å²) < 4.78 is 10.7. The van der Waals surface area contributed by atoms with Gasteiger partial charge < -0.3 is 20.1 Å². The molecule has 0 radical (unpaired) electrons. The number of nitrogens with two attached hydrogens (primary N) is 1. The van der Waals surface area contributed by atoms with E-state index >= 15 is 0 Å². The van der Waals surface area contributed by atoms with Crippen molar-refractivity contribution in [2.24, 2.45) is 10.7 Å². The summed E-state index contributed by atoms with van der Waals surface area (Å²) in [4.78, 5) is 6.36. The van der Waals surface area contributed by atoms with E-state index in [1.807, 2.05) is 13.0 Å². The van der Waals surface area contributed by atoms with Crippen molar-refractivity contribution in [3.63, 3.8) is 0 Å². The predicted molar refractivity (Wildman–Crippen MR) is 75.8 cm³/mol. The smallest absolute Gasteiger partial charge is 0.191 e. The number of hydrogen-bond acceptors (Lipinski definition) is 3. The van der Waals surface area contributed by atoms with E-state index in [0.29, 0.717) is 12.5 Å². The first kappa shape index (κ1) is 13.5. The lowest BCUT2D eigenvalue weighted by molar-refractivity contribution is 0.347. The molecule has 0 fully saturated rings. The van der Waals surface area contributed by atoms with Crippen LogP contribution in [0.25, 0.3) is 0 Å². The Balaban J connectivity index is 2.27. The Kier molecular flexibility index (Phi) is 4.14. The molecule has 0 unspecified atom stereocenters. The molecule has 5 heteroatoms. The molecule has 5 nitrogen and oxygen atoms in total. The van der Waals surface area contributed by atoms with Gasteiger partial charge in [-0.15, -0.1) is 0 Å². The Morgan fingerprint density at radius 3 is 2.47 bits per heavy atom. The van der Waals surface area contributed by atoms with Crippen LogP contribution in [-0.4, -0.2) is 38.2 Å². The molecule has 0 saturated carbocycles. The molecule has 104 valence electrons. The third-order valence-electron chi connectivity index (χ3n) is 3.36. The van der Waals surface area contributed by atoms with Gasteiger partial charge in [0, 0.05) is 19.6 Å². The third-order valence-corrected chi connectivity index (χ3v) is 3.36. The normalized spacial score (nSPS) is 15.1. The molecule has 0 spiro atoms. The highest BCUT2D eigenvalue weighted by molar-refractivity contribution is 5.78. The van der Waals surface area contributed by atoms with E-state index in [1.165, 1.54) is 11.1 Å². The van der Waals surface area contributed by atoms with Crippen molar-refractivity contribution in [3.05, 3.63) is 23.3 Å². The zero-order valence-electron chi connectivity index (χ0n) is 11.8. The topological polar surface area (TPSA) is 60.1 Å². The molecule has 0 saturated heterocycles. The highest BCUT2D eigenvalue weighted by atomic mass is 16.5. The van der Waals surface area contributed by atoms with Gasteiger partial charge in [0.25, 0.3) is 0 Å². The van der Waals surface area contributed by atoms with Gasteiger partial charge >= 0.3 is 0 Å². The standard InChI is InChI=1S/C14H21N3O2/c1-4-16-14(15)17-6-5-10-7-12(18-2)13(19-3)8-11(10)9-17/h7-8H,4-6,9H2,1-3H3,(H2,15,16). The Hall–Kier alpha value is -1.91. The lowest BCUT2D eigenvalue weighted by Gasteiger charge is -2.30. The summed E-state index contributed by atoms with van der Waals surface area (Å²) >= 11 is 0. The van der Waals surface area contributed by atoms with E-state index in [1.54, 1.807) is 14.2 Å². The van der Waals surface area contributed by atoms with Gasteiger partial charge in [0.1, 0.15) is 0 Å². The first-order valence-electron chi connectivity index (χ1n) is 6.48. The second kappa shape index (κ2) is 5.82.